The molecule has 100 valence electrons. The van der Waals surface area contributed by atoms with Gasteiger partial charge in [-0.2, -0.15) is 0 Å². The quantitative estimate of drug-likeness (QED) is 0.792. The van der Waals surface area contributed by atoms with Crippen LogP contribution in [0.2, 0.25) is 0 Å². The first-order chi connectivity index (χ1) is 9.01. The first kappa shape index (κ1) is 13.1. The number of carbonyl (C=O) groups is 1. The van der Waals surface area contributed by atoms with Crippen LogP contribution in [0.5, 0.6) is 0 Å². The number of furan rings is 1. The Balaban J connectivity index is 2.29. The van der Waals surface area contributed by atoms with Crippen LogP contribution in [0, 0.1) is 13.8 Å². The van der Waals surface area contributed by atoms with Crippen LogP contribution in [0.25, 0.3) is 0 Å². The number of ether oxygens (including phenoxy) is 1. The minimum Gasteiger partial charge on any atom is -0.465 e. The van der Waals surface area contributed by atoms with Crippen molar-refractivity contribution in [2.24, 2.45) is 0 Å². The van der Waals surface area contributed by atoms with Crippen LogP contribution in [0.3, 0.4) is 0 Å². The highest BCUT2D eigenvalue weighted by molar-refractivity contribution is 5.90. The van der Waals surface area contributed by atoms with Gasteiger partial charge in [0.05, 0.1) is 13.7 Å². The molecule has 0 bridgehead atoms. The van der Waals surface area contributed by atoms with E-state index >= 15 is 0 Å². The molecule has 0 aliphatic heterocycles. The van der Waals surface area contributed by atoms with E-state index in [1.165, 1.54) is 11.7 Å². The summed E-state index contributed by atoms with van der Waals surface area (Å²) >= 11 is 0. The summed E-state index contributed by atoms with van der Waals surface area (Å²) in [7, 11) is 1.32. The van der Waals surface area contributed by atoms with Gasteiger partial charge in [0.15, 0.2) is 0 Å². The highest BCUT2D eigenvalue weighted by Crippen LogP contribution is 2.16. The summed E-state index contributed by atoms with van der Waals surface area (Å²) in [6.45, 7) is 3.84. The maximum Gasteiger partial charge on any atom is 0.341 e. The maximum atomic E-state index is 11.8. The largest absolute Gasteiger partial charge is 0.465 e. The van der Waals surface area contributed by atoms with E-state index in [1.54, 1.807) is 25.3 Å². The first-order valence-electron chi connectivity index (χ1n) is 5.86. The summed E-state index contributed by atoms with van der Waals surface area (Å²) in [6.07, 6.45) is 1.70. The van der Waals surface area contributed by atoms with E-state index in [9.17, 15) is 9.59 Å². The number of nitrogens with zero attached hydrogens (tertiary/aromatic N) is 1. The molecule has 0 radical (unpaired) electrons. The molecule has 0 aromatic carbocycles. The van der Waals surface area contributed by atoms with Crippen molar-refractivity contribution in [2.75, 3.05) is 7.11 Å². The number of hydrogen-bond donors (Lipinski definition) is 0. The van der Waals surface area contributed by atoms with Gasteiger partial charge in [-0.15, -0.1) is 0 Å². The molecule has 0 saturated heterocycles. The van der Waals surface area contributed by atoms with Crippen molar-refractivity contribution in [1.82, 2.24) is 4.57 Å². The zero-order chi connectivity index (χ0) is 14.0. The summed E-state index contributed by atoms with van der Waals surface area (Å²) in [4.78, 5) is 23.2. The van der Waals surface area contributed by atoms with Gasteiger partial charge in [0.2, 0.25) is 0 Å². The predicted molar refractivity (Wildman–Crippen MR) is 69.3 cm³/mol. The molecular formula is C14H15NO4. The molecule has 0 saturated carbocycles. The Hall–Kier alpha value is -2.30. The lowest BCUT2D eigenvalue weighted by molar-refractivity contribution is 0.0599. The van der Waals surface area contributed by atoms with Gasteiger partial charge < -0.3 is 13.7 Å². The zero-order valence-electron chi connectivity index (χ0n) is 11.1. The van der Waals surface area contributed by atoms with Crippen LogP contribution in [0.1, 0.15) is 27.4 Å². The molecule has 2 aromatic rings. The molecule has 2 rings (SSSR count). The minimum atomic E-state index is -0.441. The Kier molecular flexibility index (Phi) is 3.55. The molecule has 19 heavy (non-hydrogen) atoms. The highest BCUT2D eigenvalue weighted by atomic mass is 16.5. The lowest BCUT2D eigenvalue weighted by Gasteiger charge is -2.02. The number of hydrogen-bond acceptors (Lipinski definition) is 4. The summed E-state index contributed by atoms with van der Waals surface area (Å²) in [5.74, 6) is 0.592. The van der Waals surface area contributed by atoms with Crippen LogP contribution in [-0.2, 0) is 11.3 Å². The molecule has 2 aromatic heterocycles. The second-order valence-corrected chi connectivity index (χ2v) is 4.34. The minimum absolute atomic E-state index is 0.103. The van der Waals surface area contributed by atoms with Crippen molar-refractivity contribution < 1.29 is 13.9 Å². The van der Waals surface area contributed by atoms with Crippen molar-refractivity contribution in [3.05, 3.63) is 57.4 Å². The second-order valence-electron chi connectivity index (χ2n) is 4.34. The number of pyridine rings is 1. The third kappa shape index (κ3) is 2.76. The molecule has 5 heteroatoms. The molecule has 5 nitrogen and oxygen atoms in total. The van der Waals surface area contributed by atoms with Gasteiger partial charge >= 0.3 is 5.97 Å². The third-order valence-corrected chi connectivity index (χ3v) is 2.85. The molecule has 0 aliphatic carbocycles. The van der Waals surface area contributed by atoms with Gasteiger partial charge in [-0.3, -0.25) is 4.79 Å². The fraction of sp³-hybridized carbons (Fsp3) is 0.286. The SMILES string of the molecule is COC(=O)c1cc(Cn2ccc(C)cc2=O)oc1C. The van der Waals surface area contributed by atoms with Gasteiger partial charge in [0.1, 0.15) is 17.1 Å². The van der Waals surface area contributed by atoms with E-state index in [1.807, 2.05) is 13.0 Å². The predicted octanol–water partition coefficient (Wildman–Crippen LogP) is 1.89. The summed E-state index contributed by atoms with van der Waals surface area (Å²) in [5.41, 5.74) is 1.19. The topological polar surface area (TPSA) is 61.4 Å². The van der Waals surface area contributed by atoms with Crippen LogP contribution in [0.15, 0.2) is 33.6 Å². The average molecular weight is 261 g/mol. The van der Waals surface area contributed by atoms with E-state index < -0.39 is 5.97 Å². The van der Waals surface area contributed by atoms with Gasteiger partial charge in [-0.1, -0.05) is 0 Å². The van der Waals surface area contributed by atoms with E-state index in [2.05, 4.69) is 4.74 Å². The second kappa shape index (κ2) is 5.14. The highest BCUT2D eigenvalue weighted by Gasteiger charge is 2.15. The van der Waals surface area contributed by atoms with E-state index in [0.717, 1.165) is 5.56 Å². The molecule has 0 amide bonds. The van der Waals surface area contributed by atoms with Gasteiger partial charge in [0, 0.05) is 12.3 Å². The molecular weight excluding hydrogens is 246 g/mol. The normalized spacial score (nSPS) is 10.5. The summed E-state index contributed by atoms with van der Waals surface area (Å²) in [5, 5.41) is 0. The Morgan fingerprint density at radius 3 is 2.74 bits per heavy atom. The number of aromatic nitrogens is 1. The Labute approximate surface area is 110 Å². The molecule has 0 atom stereocenters. The number of rotatable bonds is 3. The average Bonchev–Trinajstić information content (AvgIpc) is 2.73. The summed E-state index contributed by atoms with van der Waals surface area (Å²) < 4.78 is 11.6. The van der Waals surface area contributed by atoms with Crippen molar-refractivity contribution >= 4 is 5.97 Å². The Bertz CT molecular complexity index is 666. The van der Waals surface area contributed by atoms with E-state index in [0.29, 0.717) is 17.1 Å². The monoisotopic (exact) mass is 261 g/mol. The first-order valence-corrected chi connectivity index (χ1v) is 5.86. The molecule has 0 fully saturated rings. The van der Waals surface area contributed by atoms with Gasteiger partial charge in [-0.05, 0) is 31.5 Å². The standard InChI is InChI=1S/C14H15NO4/c1-9-4-5-15(13(16)6-9)8-11-7-12(10(2)19-11)14(17)18-3/h4-7H,8H2,1-3H3. The molecule has 0 aliphatic rings. The van der Waals surface area contributed by atoms with Crippen molar-refractivity contribution in [3.63, 3.8) is 0 Å². The lowest BCUT2D eigenvalue weighted by atomic mass is 10.2. The number of esters is 1. The third-order valence-electron chi connectivity index (χ3n) is 2.85. The van der Waals surface area contributed by atoms with Crippen LogP contribution in [-0.4, -0.2) is 17.6 Å². The Morgan fingerprint density at radius 1 is 1.37 bits per heavy atom. The number of methoxy groups -OCH3 is 1. The molecule has 2 heterocycles. The smallest absolute Gasteiger partial charge is 0.341 e. The van der Waals surface area contributed by atoms with Crippen molar-refractivity contribution in [2.45, 2.75) is 20.4 Å². The van der Waals surface area contributed by atoms with Crippen LogP contribution in [0.4, 0.5) is 0 Å². The van der Waals surface area contributed by atoms with Crippen molar-refractivity contribution in [1.29, 1.82) is 0 Å². The van der Waals surface area contributed by atoms with E-state index in [-0.39, 0.29) is 12.1 Å². The fourth-order valence-electron chi connectivity index (χ4n) is 1.84. The fourth-order valence-corrected chi connectivity index (χ4v) is 1.84. The number of carbonyl (C=O) groups excluding carboxylic acids is 1. The van der Waals surface area contributed by atoms with Crippen LogP contribution >= 0.6 is 0 Å². The molecule has 0 spiro atoms. The van der Waals surface area contributed by atoms with Crippen molar-refractivity contribution in [3.8, 4) is 0 Å². The van der Waals surface area contributed by atoms with Crippen LogP contribution < -0.4 is 5.56 Å². The Morgan fingerprint density at radius 2 is 2.11 bits per heavy atom. The lowest BCUT2D eigenvalue weighted by Crippen LogP contribution is -2.18. The molecule has 0 N–H and O–H groups in total. The van der Waals surface area contributed by atoms with Gasteiger partial charge in [0.25, 0.3) is 5.56 Å². The van der Waals surface area contributed by atoms with Gasteiger partial charge in [-0.25, -0.2) is 4.79 Å². The number of aryl methyl sites for hydroxylation is 2. The van der Waals surface area contributed by atoms with E-state index in [4.69, 9.17) is 4.42 Å². The maximum absolute atomic E-state index is 11.8. The molecule has 0 unspecified atom stereocenters. The summed E-state index contributed by atoms with van der Waals surface area (Å²) in [6, 6.07) is 5.00. The zero-order valence-corrected chi connectivity index (χ0v) is 11.1.